The maximum absolute atomic E-state index is 13.2. The van der Waals surface area contributed by atoms with Crippen molar-refractivity contribution >= 4 is 47.5 Å². The number of quaternary nitrogens is 1. The summed E-state index contributed by atoms with van der Waals surface area (Å²) in [6.07, 6.45) is 0. The van der Waals surface area contributed by atoms with Gasteiger partial charge in [0.2, 0.25) is 10.6 Å². The van der Waals surface area contributed by atoms with E-state index in [1.54, 1.807) is 11.8 Å². The lowest BCUT2D eigenvalue weighted by Crippen LogP contribution is -2.52. The second-order valence-corrected chi connectivity index (χ2v) is 7.69. The summed E-state index contributed by atoms with van der Waals surface area (Å²) in [4.78, 5) is 32.4. The summed E-state index contributed by atoms with van der Waals surface area (Å²) in [5, 5.41) is 24.7. The van der Waals surface area contributed by atoms with E-state index in [0.717, 1.165) is 0 Å². The van der Waals surface area contributed by atoms with E-state index < -0.39 is 21.3 Å². The number of nitrogens with zero attached hydrogens (tertiary/aromatic N) is 5. The number of amides is 2. The number of rotatable bonds is 3. The summed E-state index contributed by atoms with van der Waals surface area (Å²) < 4.78 is -1.02. The number of hydrogen-bond acceptors (Lipinski definition) is 8. The lowest BCUT2D eigenvalue weighted by Gasteiger charge is -2.43. The molecule has 3 rings (SSSR count). The van der Waals surface area contributed by atoms with Gasteiger partial charge in [-0.3, -0.25) is 15.1 Å². The van der Waals surface area contributed by atoms with E-state index in [1.807, 2.05) is 4.90 Å². The SMILES string of the molecule is NC(=O)N1CCN(c2nc(=S)c([N+](=O)[O-])c([N+]3([O-])CCSCC3)[nH]2)CC1. The molecule has 0 spiro atoms. The van der Waals surface area contributed by atoms with Crippen LogP contribution in [0.3, 0.4) is 0 Å². The molecule has 2 fully saturated rings. The molecule has 2 aliphatic heterocycles. The molecule has 3 N–H and O–H groups in total. The molecular formula is C13H19N7O4S2. The molecule has 3 heterocycles. The zero-order valence-corrected chi connectivity index (χ0v) is 15.6. The minimum atomic E-state index is -0.816. The number of aromatic nitrogens is 2. The van der Waals surface area contributed by atoms with E-state index in [4.69, 9.17) is 18.0 Å². The smallest absolute Gasteiger partial charge is 0.384 e. The molecule has 2 aliphatic rings. The molecule has 1 aromatic heterocycles. The van der Waals surface area contributed by atoms with Crippen LogP contribution in [0.15, 0.2) is 0 Å². The molecule has 0 unspecified atom stereocenters. The van der Waals surface area contributed by atoms with Crippen molar-refractivity contribution in [2.45, 2.75) is 0 Å². The Morgan fingerprint density at radius 2 is 1.92 bits per heavy atom. The van der Waals surface area contributed by atoms with Crippen LogP contribution in [0, 0.1) is 20.0 Å². The summed E-state index contributed by atoms with van der Waals surface area (Å²) in [6, 6.07) is -0.496. The Morgan fingerprint density at radius 3 is 2.46 bits per heavy atom. The molecule has 2 saturated heterocycles. The fourth-order valence-electron chi connectivity index (χ4n) is 3.05. The summed E-state index contributed by atoms with van der Waals surface area (Å²) in [7, 11) is 0. The van der Waals surface area contributed by atoms with Crippen molar-refractivity contribution in [1.82, 2.24) is 19.5 Å². The zero-order chi connectivity index (χ0) is 18.9. The number of hydrogen-bond donors (Lipinski definition) is 2. The number of urea groups is 1. The van der Waals surface area contributed by atoms with E-state index in [1.165, 1.54) is 4.90 Å². The summed E-state index contributed by atoms with van der Waals surface area (Å²) in [5.41, 5.74) is 4.85. The molecule has 11 nitrogen and oxygen atoms in total. The largest absolute Gasteiger partial charge is 0.626 e. The quantitative estimate of drug-likeness (QED) is 0.249. The normalized spacial score (nSPS) is 20.0. The van der Waals surface area contributed by atoms with Crippen LogP contribution in [-0.4, -0.2) is 76.6 Å². The van der Waals surface area contributed by atoms with Crippen molar-refractivity contribution in [3.63, 3.8) is 0 Å². The zero-order valence-electron chi connectivity index (χ0n) is 13.9. The predicted molar refractivity (Wildman–Crippen MR) is 102 cm³/mol. The van der Waals surface area contributed by atoms with Crippen LogP contribution in [0.5, 0.6) is 0 Å². The fraction of sp³-hybridized carbons (Fsp3) is 0.615. The van der Waals surface area contributed by atoms with E-state index in [2.05, 4.69) is 9.97 Å². The van der Waals surface area contributed by atoms with Gasteiger partial charge in [-0.05, 0) is 0 Å². The molecule has 0 radical (unpaired) electrons. The molecule has 0 atom stereocenters. The Kier molecular flexibility index (Phi) is 5.32. The minimum Gasteiger partial charge on any atom is -0.626 e. The first-order chi connectivity index (χ1) is 12.3. The molecule has 0 aliphatic carbocycles. The minimum absolute atomic E-state index is 0.0531. The monoisotopic (exact) mass is 401 g/mol. The van der Waals surface area contributed by atoms with Crippen molar-refractivity contribution in [2.24, 2.45) is 5.73 Å². The molecule has 0 bridgehead atoms. The van der Waals surface area contributed by atoms with Gasteiger partial charge in [-0.25, -0.2) is 4.79 Å². The van der Waals surface area contributed by atoms with Gasteiger partial charge in [-0.2, -0.15) is 16.7 Å². The highest BCUT2D eigenvalue weighted by Crippen LogP contribution is 2.35. The Morgan fingerprint density at radius 1 is 1.31 bits per heavy atom. The van der Waals surface area contributed by atoms with Crippen LogP contribution in [0.4, 0.5) is 22.2 Å². The van der Waals surface area contributed by atoms with Crippen molar-refractivity contribution < 1.29 is 9.72 Å². The Hall–Kier alpha value is -1.96. The Bertz CT molecular complexity index is 772. The first-order valence-corrected chi connectivity index (χ1v) is 9.62. The average Bonchev–Trinajstić information content (AvgIpc) is 2.61. The van der Waals surface area contributed by atoms with Gasteiger partial charge in [0, 0.05) is 37.7 Å². The van der Waals surface area contributed by atoms with Gasteiger partial charge in [-0.15, -0.1) is 0 Å². The van der Waals surface area contributed by atoms with Crippen LogP contribution in [0.2, 0.25) is 0 Å². The Balaban J connectivity index is 1.97. The fourth-order valence-corrected chi connectivity index (χ4v) is 4.36. The predicted octanol–water partition coefficient (Wildman–Crippen LogP) is 0.800. The molecule has 26 heavy (non-hydrogen) atoms. The van der Waals surface area contributed by atoms with Crippen LogP contribution >= 0.6 is 24.0 Å². The Labute approximate surface area is 158 Å². The maximum atomic E-state index is 13.2. The number of hydroxylamine groups is 2. The lowest BCUT2D eigenvalue weighted by atomic mass is 10.3. The third kappa shape index (κ3) is 3.60. The topological polar surface area (TPSA) is 144 Å². The molecular weight excluding hydrogens is 382 g/mol. The number of anilines is 1. The number of nitrogens with two attached hydrogens (primary N) is 1. The van der Waals surface area contributed by atoms with Gasteiger partial charge in [0.25, 0.3) is 5.82 Å². The van der Waals surface area contributed by atoms with Crippen molar-refractivity contribution in [3.05, 3.63) is 20.0 Å². The van der Waals surface area contributed by atoms with E-state index in [0.29, 0.717) is 43.6 Å². The highest BCUT2D eigenvalue weighted by atomic mass is 32.2. The number of carbonyl (C=O) groups is 1. The number of thioether (sulfide) groups is 1. The van der Waals surface area contributed by atoms with Gasteiger partial charge in [0.15, 0.2) is 0 Å². The molecule has 0 aromatic carbocycles. The second kappa shape index (κ2) is 7.34. The first kappa shape index (κ1) is 18.8. The highest BCUT2D eigenvalue weighted by molar-refractivity contribution is 7.99. The van der Waals surface area contributed by atoms with Gasteiger partial charge in [-0.1, -0.05) is 12.2 Å². The van der Waals surface area contributed by atoms with Crippen LogP contribution < -0.4 is 15.3 Å². The van der Waals surface area contributed by atoms with Crippen LogP contribution in [-0.2, 0) is 0 Å². The van der Waals surface area contributed by atoms with E-state index in [-0.39, 0.29) is 23.5 Å². The molecule has 13 heteroatoms. The number of piperazine rings is 1. The summed E-state index contributed by atoms with van der Waals surface area (Å²) in [5.74, 6) is 1.50. The number of nitrogens with one attached hydrogen (secondary N) is 1. The number of nitro groups is 1. The summed E-state index contributed by atoms with van der Waals surface area (Å²) >= 11 is 6.76. The van der Waals surface area contributed by atoms with Gasteiger partial charge < -0.3 is 25.4 Å². The number of carbonyl (C=O) groups excluding carboxylic acids is 1. The standard InChI is InChI=1S/C13H19N7O4S2/c14-12(21)17-1-3-18(4-2-17)13-15-10(9(19(22)23)11(25)16-13)20(24)5-7-26-8-6-20/h1-8H2,(H2,14,21)(H,15,16,25). The highest BCUT2D eigenvalue weighted by Gasteiger charge is 2.36. The third-order valence-electron chi connectivity index (χ3n) is 4.54. The average molecular weight is 401 g/mol. The van der Waals surface area contributed by atoms with E-state index in [9.17, 15) is 20.1 Å². The number of aromatic amines is 1. The molecule has 0 saturated carbocycles. The molecule has 2 amide bonds. The van der Waals surface area contributed by atoms with Crippen LogP contribution in [0.25, 0.3) is 0 Å². The van der Waals surface area contributed by atoms with Gasteiger partial charge in [0.05, 0.1) is 18.0 Å². The summed E-state index contributed by atoms with van der Waals surface area (Å²) in [6.45, 7) is 2.14. The van der Waals surface area contributed by atoms with E-state index >= 15 is 0 Å². The number of H-pyrrole nitrogens is 1. The second-order valence-electron chi connectivity index (χ2n) is 6.08. The van der Waals surface area contributed by atoms with Crippen LogP contribution in [0.1, 0.15) is 0 Å². The third-order valence-corrected chi connectivity index (χ3v) is 5.77. The van der Waals surface area contributed by atoms with Crippen molar-refractivity contribution in [2.75, 3.05) is 55.7 Å². The van der Waals surface area contributed by atoms with Crippen molar-refractivity contribution in [1.29, 1.82) is 0 Å². The van der Waals surface area contributed by atoms with Crippen molar-refractivity contribution in [3.8, 4) is 0 Å². The lowest BCUT2D eigenvalue weighted by molar-refractivity contribution is -0.385. The number of primary amides is 1. The first-order valence-electron chi connectivity index (χ1n) is 8.06. The van der Waals surface area contributed by atoms with Gasteiger partial charge in [0.1, 0.15) is 0 Å². The molecule has 142 valence electrons. The molecule has 1 aromatic rings. The van der Waals surface area contributed by atoms with Gasteiger partial charge >= 0.3 is 11.7 Å². The maximum Gasteiger partial charge on any atom is 0.384 e.